The Morgan fingerprint density at radius 3 is 2.70 bits per heavy atom. The van der Waals surface area contributed by atoms with Crippen molar-refractivity contribution in [2.75, 3.05) is 30.9 Å². The summed E-state index contributed by atoms with van der Waals surface area (Å²) in [6, 6.07) is 6.68. The van der Waals surface area contributed by atoms with Crippen molar-refractivity contribution in [1.82, 2.24) is 19.9 Å². The second-order valence-corrected chi connectivity index (χ2v) is 7.73. The van der Waals surface area contributed by atoms with Gasteiger partial charge >= 0.3 is 6.18 Å². The maximum atomic E-state index is 14.5. The second kappa shape index (κ2) is 8.36. The van der Waals surface area contributed by atoms with Crippen molar-refractivity contribution in [2.45, 2.75) is 11.8 Å². The Labute approximate surface area is 194 Å². The molecule has 0 aliphatic carbocycles. The topological polar surface area (TPSA) is 110 Å². The van der Waals surface area contributed by atoms with Crippen LogP contribution in [0.3, 0.4) is 0 Å². The van der Waals surface area contributed by atoms with Crippen molar-refractivity contribution in [3.05, 3.63) is 46.1 Å². The molecule has 4 rings (SSSR count). The normalized spacial score (nSPS) is 17.7. The Bertz CT molecular complexity index is 1270. The van der Waals surface area contributed by atoms with Crippen LogP contribution in [0.2, 0.25) is 10.0 Å². The number of aromatic nitrogens is 3. The molecule has 1 aliphatic heterocycles. The maximum absolute atomic E-state index is 14.5. The van der Waals surface area contributed by atoms with Crippen LogP contribution < -0.4 is 16.0 Å². The van der Waals surface area contributed by atoms with Crippen LogP contribution in [0.25, 0.3) is 11.0 Å². The molecule has 1 unspecified atom stereocenters. The predicted molar refractivity (Wildman–Crippen MR) is 114 cm³/mol. The highest BCUT2D eigenvalue weighted by atomic mass is 35.5. The molecule has 3 N–H and O–H groups in total. The smallest absolute Gasteiger partial charge is 0.383 e. The lowest BCUT2D eigenvalue weighted by atomic mass is 10.1. The number of amides is 2. The number of ether oxygens (including phenoxy) is 1. The van der Waals surface area contributed by atoms with Crippen LogP contribution in [0.4, 0.5) is 24.9 Å². The van der Waals surface area contributed by atoms with Crippen LogP contribution in [0.15, 0.2) is 30.3 Å². The molecule has 0 fully saturated rings. The Morgan fingerprint density at radius 1 is 1.24 bits per heavy atom. The third-order valence-corrected chi connectivity index (χ3v) is 5.70. The molecule has 2 amide bonds. The molecule has 14 heteroatoms. The zero-order valence-electron chi connectivity index (χ0n) is 16.8. The summed E-state index contributed by atoms with van der Waals surface area (Å²) in [5, 5.41) is 6.72. The summed E-state index contributed by atoms with van der Waals surface area (Å²) >= 11 is 12.0. The monoisotopic (exact) mass is 502 g/mol. The highest BCUT2D eigenvalue weighted by Gasteiger charge is 2.68. The van der Waals surface area contributed by atoms with Gasteiger partial charge in [0.2, 0.25) is 5.95 Å². The van der Waals surface area contributed by atoms with Crippen molar-refractivity contribution in [3.8, 4) is 0 Å². The van der Waals surface area contributed by atoms with E-state index in [1.807, 2.05) is 5.32 Å². The number of hydrogen-bond acceptors (Lipinski definition) is 6. The average Bonchev–Trinajstić information content (AvgIpc) is 3.25. The number of alkyl halides is 3. The van der Waals surface area contributed by atoms with Gasteiger partial charge in [-0.3, -0.25) is 19.5 Å². The number of rotatable bonds is 6. The number of carbonyl (C=O) groups excluding carboxylic acids is 2. The summed E-state index contributed by atoms with van der Waals surface area (Å²) < 4.78 is 48.8. The van der Waals surface area contributed by atoms with Crippen LogP contribution in [0.5, 0.6) is 0 Å². The Balaban J connectivity index is 1.78. The molecular formula is C19H15Cl2F3N6O3. The number of fused-ring (bicyclic) bond motifs is 3. The van der Waals surface area contributed by atoms with E-state index >= 15 is 0 Å². The third kappa shape index (κ3) is 3.73. The molecule has 9 nitrogen and oxygen atoms in total. The van der Waals surface area contributed by atoms with Gasteiger partial charge in [-0.2, -0.15) is 13.2 Å². The number of benzene rings is 1. The summed E-state index contributed by atoms with van der Waals surface area (Å²) in [5.74, 6) is -2.97. The van der Waals surface area contributed by atoms with Crippen LogP contribution >= 0.6 is 23.2 Å². The number of methoxy groups -OCH3 is 1. The molecule has 3 aromatic rings. The predicted octanol–water partition coefficient (Wildman–Crippen LogP) is 3.39. The van der Waals surface area contributed by atoms with Crippen molar-refractivity contribution in [2.24, 2.45) is 0 Å². The molecule has 0 bridgehead atoms. The summed E-state index contributed by atoms with van der Waals surface area (Å²) in [7, 11) is 1.50. The van der Waals surface area contributed by atoms with Crippen LogP contribution in [-0.4, -0.2) is 52.8 Å². The van der Waals surface area contributed by atoms with Gasteiger partial charge in [-0.25, -0.2) is 9.97 Å². The fourth-order valence-electron chi connectivity index (χ4n) is 3.41. The SMILES string of the molecule is COCCNc1cccc(C(=O)NC2(C(F)(F)F)C(=O)Nc3nc4c(Cl)c(Cl)ccc4n32)n1. The van der Waals surface area contributed by atoms with Crippen LogP contribution in [-0.2, 0) is 15.2 Å². The van der Waals surface area contributed by atoms with Gasteiger partial charge in [-0.05, 0) is 24.3 Å². The number of imidazole rings is 1. The third-order valence-electron chi connectivity index (χ3n) is 4.91. The van der Waals surface area contributed by atoms with Gasteiger partial charge in [0.25, 0.3) is 17.5 Å². The van der Waals surface area contributed by atoms with Crippen molar-refractivity contribution < 1.29 is 27.5 Å². The molecule has 174 valence electrons. The summed E-state index contributed by atoms with van der Waals surface area (Å²) in [5.41, 5.74) is -4.05. The minimum atomic E-state index is -5.26. The summed E-state index contributed by atoms with van der Waals surface area (Å²) in [6.07, 6.45) is -5.26. The van der Waals surface area contributed by atoms with E-state index in [4.69, 9.17) is 27.9 Å². The molecular weight excluding hydrogens is 488 g/mol. The van der Waals surface area contributed by atoms with Crippen molar-refractivity contribution in [1.29, 1.82) is 0 Å². The fraction of sp³-hybridized carbons (Fsp3) is 0.263. The Kier molecular flexibility index (Phi) is 5.85. The Hall–Kier alpha value is -3.09. The fourth-order valence-corrected chi connectivity index (χ4v) is 3.77. The molecule has 33 heavy (non-hydrogen) atoms. The number of halogens is 5. The number of hydrogen-bond donors (Lipinski definition) is 3. The minimum absolute atomic E-state index is 0.0653. The summed E-state index contributed by atoms with van der Waals surface area (Å²) in [4.78, 5) is 33.5. The van der Waals surface area contributed by atoms with Gasteiger partial charge < -0.3 is 15.4 Å². The number of pyridine rings is 1. The molecule has 1 aliphatic rings. The van der Waals surface area contributed by atoms with E-state index < -0.39 is 29.6 Å². The largest absolute Gasteiger partial charge is 0.440 e. The molecule has 1 atom stereocenters. The van der Waals surface area contributed by atoms with E-state index in [0.29, 0.717) is 17.7 Å². The van der Waals surface area contributed by atoms with E-state index in [1.165, 1.54) is 37.4 Å². The standard InChI is InChI=1S/C19H15Cl2F3N6O3/c1-33-8-7-25-12-4-2-3-10(26-12)15(31)29-18(19(22,23)24)16(32)28-17-27-14-11(30(17)18)6-5-9(20)13(14)21/h2-6H,7-8H2,1H3,(H,25,26)(H,29,31)(H,27,28,32). The van der Waals surface area contributed by atoms with Crippen LogP contribution in [0.1, 0.15) is 10.5 Å². The molecule has 1 aromatic carbocycles. The number of carbonyl (C=O) groups is 2. The highest BCUT2D eigenvalue weighted by Crippen LogP contribution is 2.45. The molecule has 0 radical (unpaired) electrons. The van der Waals surface area contributed by atoms with Crippen LogP contribution in [0, 0.1) is 0 Å². The van der Waals surface area contributed by atoms with E-state index in [9.17, 15) is 22.8 Å². The first-order valence-electron chi connectivity index (χ1n) is 9.37. The second-order valence-electron chi connectivity index (χ2n) is 6.94. The lowest BCUT2D eigenvalue weighted by Gasteiger charge is -2.31. The first kappa shape index (κ1) is 23.1. The minimum Gasteiger partial charge on any atom is -0.383 e. The van der Waals surface area contributed by atoms with Gasteiger partial charge in [0.1, 0.15) is 17.0 Å². The summed E-state index contributed by atoms with van der Waals surface area (Å²) in [6.45, 7) is 0.704. The molecule has 0 spiro atoms. The van der Waals surface area contributed by atoms with Crippen molar-refractivity contribution in [3.63, 3.8) is 0 Å². The molecule has 0 saturated heterocycles. The van der Waals surface area contributed by atoms with Crippen molar-refractivity contribution >= 4 is 57.8 Å². The maximum Gasteiger partial charge on any atom is 0.440 e. The van der Waals surface area contributed by atoms with E-state index in [2.05, 4.69) is 20.6 Å². The van der Waals surface area contributed by atoms with E-state index in [1.54, 1.807) is 0 Å². The molecule has 3 heterocycles. The first-order chi connectivity index (χ1) is 15.6. The Morgan fingerprint density at radius 2 is 2.00 bits per heavy atom. The van der Waals surface area contributed by atoms with Gasteiger partial charge in [-0.1, -0.05) is 29.3 Å². The zero-order valence-corrected chi connectivity index (χ0v) is 18.3. The number of nitrogens with zero attached hydrogens (tertiary/aromatic N) is 3. The lowest BCUT2D eigenvalue weighted by Crippen LogP contribution is -2.63. The average molecular weight is 503 g/mol. The van der Waals surface area contributed by atoms with Gasteiger partial charge in [0, 0.05) is 13.7 Å². The zero-order chi connectivity index (χ0) is 24.0. The molecule has 0 saturated carbocycles. The van der Waals surface area contributed by atoms with Gasteiger partial charge in [-0.15, -0.1) is 0 Å². The highest BCUT2D eigenvalue weighted by molar-refractivity contribution is 6.45. The molecule has 2 aromatic heterocycles. The lowest BCUT2D eigenvalue weighted by molar-refractivity contribution is -0.213. The number of nitrogens with one attached hydrogen (secondary N) is 3. The van der Waals surface area contributed by atoms with Gasteiger partial charge in [0.05, 0.1) is 22.2 Å². The van der Waals surface area contributed by atoms with E-state index in [-0.39, 0.29) is 32.6 Å². The first-order valence-corrected chi connectivity index (χ1v) is 10.1. The van der Waals surface area contributed by atoms with E-state index in [0.717, 1.165) is 0 Å². The van der Waals surface area contributed by atoms with Gasteiger partial charge in [0.15, 0.2) is 0 Å². The quantitative estimate of drug-likeness (QED) is 0.445. The number of anilines is 2.